The summed E-state index contributed by atoms with van der Waals surface area (Å²) in [5.41, 5.74) is 4.08. The van der Waals surface area contributed by atoms with E-state index in [0.29, 0.717) is 11.3 Å². The Hall–Kier alpha value is -1.55. The first-order valence-corrected chi connectivity index (χ1v) is 6.48. The fourth-order valence-corrected chi connectivity index (χ4v) is 2.60. The van der Waals surface area contributed by atoms with Gasteiger partial charge in [0.1, 0.15) is 0 Å². The van der Waals surface area contributed by atoms with E-state index in [1.807, 2.05) is 12.1 Å². The topological polar surface area (TPSA) is 67.2 Å². The van der Waals surface area contributed by atoms with E-state index >= 15 is 0 Å². The highest BCUT2D eigenvalue weighted by molar-refractivity contribution is 5.99. The number of carbonyl (C=O) groups is 1. The number of nitrogens with two attached hydrogens (primary N) is 1. The Kier molecular flexibility index (Phi) is 3.87. The van der Waals surface area contributed by atoms with Gasteiger partial charge in [0.05, 0.1) is 11.3 Å². The number of benzene rings is 1. The third-order valence-corrected chi connectivity index (χ3v) is 3.81. The summed E-state index contributed by atoms with van der Waals surface area (Å²) in [5.74, 6) is 5.34. The minimum atomic E-state index is -0.0586. The van der Waals surface area contributed by atoms with Crippen molar-refractivity contribution in [1.29, 1.82) is 0 Å². The summed E-state index contributed by atoms with van der Waals surface area (Å²) in [5, 5.41) is 3.02. The highest BCUT2D eigenvalue weighted by Gasteiger charge is 2.29. The van der Waals surface area contributed by atoms with E-state index in [0.717, 1.165) is 6.54 Å². The van der Waals surface area contributed by atoms with Crippen LogP contribution in [0, 0.1) is 5.41 Å². The van der Waals surface area contributed by atoms with E-state index in [2.05, 4.69) is 17.7 Å². The Bertz CT molecular complexity index is 425. The van der Waals surface area contributed by atoms with Crippen molar-refractivity contribution in [3.05, 3.63) is 29.8 Å². The summed E-state index contributed by atoms with van der Waals surface area (Å²) in [6, 6.07) is 7.27. The highest BCUT2D eigenvalue weighted by atomic mass is 16.1. The van der Waals surface area contributed by atoms with Crippen molar-refractivity contribution in [3.63, 3.8) is 0 Å². The van der Waals surface area contributed by atoms with E-state index in [1.165, 1.54) is 25.7 Å². The number of hydrogen-bond acceptors (Lipinski definition) is 3. The van der Waals surface area contributed by atoms with E-state index < -0.39 is 0 Å². The molecule has 4 nitrogen and oxygen atoms in total. The van der Waals surface area contributed by atoms with Crippen LogP contribution in [-0.2, 0) is 0 Å². The molecule has 4 N–H and O–H groups in total. The summed E-state index contributed by atoms with van der Waals surface area (Å²) in [7, 11) is 0. The first kappa shape index (κ1) is 12.9. The lowest BCUT2D eigenvalue weighted by Crippen LogP contribution is -2.34. The van der Waals surface area contributed by atoms with Crippen LogP contribution in [-0.4, -0.2) is 12.5 Å². The molecular weight excluding hydrogens is 226 g/mol. The summed E-state index contributed by atoms with van der Waals surface area (Å²) in [4.78, 5) is 12.1. The molecule has 0 spiro atoms. The van der Waals surface area contributed by atoms with Crippen LogP contribution >= 0.6 is 0 Å². The normalized spacial score (nSPS) is 17.4. The molecule has 98 valence electrons. The number of rotatable bonds is 4. The molecule has 0 saturated heterocycles. The lowest BCUT2D eigenvalue weighted by atomic mass is 9.89. The lowest BCUT2D eigenvalue weighted by molar-refractivity contribution is 0.0935. The molecule has 0 unspecified atom stereocenters. The van der Waals surface area contributed by atoms with Gasteiger partial charge in [0, 0.05) is 6.54 Å². The van der Waals surface area contributed by atoms with Crippen molar-refractivity contribution in [2.75, 3.05) is 12.0 Å². The monoisotopic (exact) mass is 247 g/mol. The van der Waals surface area contributed by atoms with Gasteiger partial charge >= 0.3 is 0 Å². The Morgan fingerprint density at radius 3 is 2.67 bits per heavy atom. The third kappa shape index (κ3) is 2.82. The third-order valence-electron chi connectivity index (χ3n) is 3.81. The maximum absolute atomic E-state index is 12.1. The molecule has 1 aromatic rings. The van der Waals surface area contributed by atoms with Crippen LogP contribution in [0.15, 0.2) is 24.3 Å². The van der Waals surface area contributed by atoms with E-state index in [9.17, 15) is 4.79 Å². The van der Waals surface area contributed by atoms with Gasteiger partial charge in [-0.2, -0.15) is 0 Å². The first-order valence-electron chi connectivity index (χ1n) is 6.48. The zero-order chi connectivity index (χ0) is 13.0. The Balaban J connectivity index is 1.99. The molecule has 1 saturated carbocycles. The number of hydrogen-bond donors (Lipinski definition) is 3. The number of anilines is 1. The average molecular weight is 247 g/mol. The average Bonchev–Trinajstić information content (AvgIpc) is 2.83. The van der Waals surface area contributed by atoms with E-state index in [-0.39, 0.29) is 11.3 Å². The molecule has 0 bridgehead atoms. The fourth-order valence-electron chi connectivity index (χ4n) is 2.60. The largest absolute Gasteiger partial charge is 0.351 e. The predicted molar refractivity (Wildman–Crippen MR) is 73.2 cm³/mol. The number of hydrazine groups is 1. The van der Waals surface area contributed by atoms with Crippen LogP contribution in [0.1, 0.15) is 43.0 Å². The van der Waals surface area contributed by atoms with Gasteiger partial charge in [0.2, 0.25) is 0 Å². The zero-order valence-electron chi connectivity index (χ0n) is 10.8. The van der Waals surface area contributed by atoms with Crippen molar-refractivity contribution in [1.82, 2.24) is 5.32 Å². The molecule has 1 fully saturated rings. The molecule has 1 aromatic carbocycles. The quantitative estimate of drug-likeness (QED) is 0.565. The van der Waals surface area contributed by atoms with Gasteiger partial charge in [-0.05, 0) is 30.4 Å². The lowest BCUT2D eigenvalue weighted by Gasteiger charge is -2.23. The van der Waals surface area contributed by atoms with Gasteiger partial charge in [-0.1, -0.05) is 31.9 Å². The van der Waals surface area contributed by atoms with Crippen LogP contribution in [0.3, 0.4) is 0 Å². The van der Waals surface area contributed by atoms with Crippen LogP contribution in [0.2, 0.25) is 0 Å². The molecule has 18 heavy (non-hydrogen) atoms. The molecule has 0 radical (unpaired) electrons. The van der Waals surface area contributed by atoms with Gasteiger partial charge < -0.3 is 10.7 Å². The second-order valence-corrected chi connectivity index (χ2v) is 5.39. The molecule has 1 aliphatic carbocycles. The number of nitrogen functional groups attached to an aromatic ring is 1. The van der Waals surface area contributed by atoms with Crippen molar-refractivity contribution in [3.8, 4) is 0 Å². The molecular formula is C14H21N3O. The van der Waals surface area contributed by atoms with Crippen molar-refractivity contribution in [2.24, 2.45) is 11.3 Å². The van der Waals surface area contributed by atoms with Gasteiger partial charge in [-0.15, -0.1) is 0 Å². The summed E-state index contributed by atoms with van der Waals surface area (Å²) in [6.45, 7) is 2.98. The second kappa shape index (κ2) is 5.40. The van der Waals surface area contributed by atoms with Crippen molar-refractivity contribution < 1.29 is 4.79 Å². The molecule has 0 aliphatic heterocycles. The van der Waals surface area contributed by atoms with Crippen molar-refractivity contribution in [2.45, 2.75) is 32.6 Å². The number of amides is 1. The number of carbonyl (C=O) groups excluding carboxylic acids is 1. The van der Waals surface area contributed by atoms with E-state index in [1.54, 1.807) is 12.1 Å². The Morgan fingerprint density at radius 2 is 2.00 bits per heavy atom. The minimum Gasteiger partial charge on any atom is -0.351 e. The van der Waals surface area contributed by atoms with Gasteiger partial charge in [-0.3, -0.25) is 10.6 Å². The SMILES string of the molecule is CC1(CNC(=O)c2ccccc2NN)CCCC1. The smallest absolute Gasteiger partial charge is 0.253 e. The van der Waals surface area contributed by atoms with Crippen LogP contribution in [0.25, 0.3) is 0 Å². The molecule has 0 aromatic heterocycles. The van der Waals surface area contributed by atoms with Gasteiger partial charge in [-0.25, -0.2) is 0 Å². The summed E-state index contributed by atoms with van der Waals surface area (Å²) >= 11 is 0. The summed E-state index contributed by atoms with van der Waals surface area (Å²) < 4.78 is 0. The maximum Gasteiger partial charge on any atom is 0.253 e. The van der Waals surface area contributed by atoms with Crippen molar-refractivity contribution >= 4 is 11.6 Å². The second-order valence-electron chi connectivity index (χ2n) is 5.39. The number of para-hydroxylation sites is 1. The Labute approximate surface area is 108 Å². The van der Waals surface area contributed by atoms with E-state index in [4.69, 9.17) is 5.84 Å². The first-order chi connectivity index (χ1) is 8.64. The van der Waals surface area contributed by atoms with Gasteiger partial charge in [0.15, 0.2) is 0 Å². The predicted octanol–water partition coefficient (Wildman–Crippen LogP) is 2.28. The fraction of sp³-hybridized carbons (Fsp3) is 0.500. The van der Waals surface area contributed by atoms with Crippen LogP contribution < -0.4 is 16.6 Å². The minimum absolute atomic E-state index is 0.0586. The molecule has 4 heteroatoms. The molecule has 2 rings (SSSR count). The zero-order valence-corrected chi connectivity index (χ0v) is 10.8. The van der Waals surface area contributed by atoms with Crippen LogP contribution in [0.4, 0.5) is 5.69 Å². The van der Waals surface area contributed by atoms with Gasteiger partial charge in [0.25, 0.3) is 5.91 Å². The molecule has 0 heterocycles. The standard InChI is InChI=1S/C14H21N3O/c1-14(8-4-5-9-14)10-16-13(18)11-6-2-3-7-12(11)17-15/h2-3,6-7,17H,4-5,8-10,15H2,1H3,(H,16,18). The Morgan fingerprint density at radius 1 is 1.33 bits per heavy atom. The molecule has 1 amide bonds. The summed E-state index contributed by atoms with van der Waals surface area (Å²) in [6.07, 6.45) is 4.94. The molecule has 0 atom stereocenters. The van der Waals surface area contributed by atoms with Crippen LogP contribution in [0.5, 0.6) is 0 Å². The molecule has 1 aliphatic rings. The highest BCUT2D eigenvalue weighted by Crippen LogP contribution is 2.36. The maximum atomic E-state index is 12.1. The number of nitrogens with one attached hydrogen (secondary N) is 2.